The van der Waals surface area contributed by atoms with Gasteiger partial charge < -0.3 is 15.3 Å². The Morgan fingerprint density at radius 1 is 1.78 bits per heavy atom. The smallest absolute Gasteiger partial charge is 0.269 e. The third kappa shape index (κ3) is 4.00. The summed E-state index contributed by atoms with van der Waals surface area (Å²) in [5, 5.41) is 15.7. The Morgan fingerprint density at radius 2 is 2.59 bits per heavy atom. The van der Waals surface area contributed by atoms with E-state index in [9.17, 15) is 14.7 Å². The average molecular weight is 392 g/mol. The fraction of sp³-hybridized carbons (Fsp3) is 0.632. The van der Waals surface area contributed by atoms with E-state index >= 15 is 0 Å². The van der Waals surface area contributed by atoms with Gasteiger partial charge in [-0.3, -0.25) is 19.3 Å². The molecule has 3 N–H and O–H groups in total. The number of carbonyl (C=O) groups excluding carboxylic acids is 1. The molecule has 0 spiro atoms. The predicted octanol–water partition coefficient (Wildman–Crippen LogP) is 1.86. The van der Waals surface area contributed by atoms with Gasteiger partial charge >= 0.3 is 0 Å². The number of nitrogens with zero attached hydrogens (tertiary/aromatic N) is 3. The number of nitrogens with one attached hydrogen (secondary N) is 2. The second-order valence-corrected chi connectivity index (χ2v) is 5.66. The molecule has 0 aromatic carbocycles. The van der Waals surface area contributed by atoms with Crippen molar-refractivity contribution in [3.8, 4) is 5.75 Å². The number of piperidine rings is 1. The maximum Gasteiger partial charge on any atom is 0.269 e. The summed E-state index contributed by atoms with van der Waals surface area (Å²) in [5.74, 6) is -5.89. The van der Waals surface area contributed by atoms with Crippen molar-refractivity contribution >= 4 is 16.9 Å². The molecule has 0 bridgehead atoms. The molecule has 1 fully saturated rings. The van der Waals surface area contributed by atoms with Crippen molar-refractivity contribution in [3.05, 3.63) is 22.1 Å². The largest absolute Gasteiger partial charge is 0.506 e. The van der Waals surface area contributed by atoms with Gasteiger partial charge in [-0.15, -0.1) is 0 Å². The molecule has 0 saturated carbocycles. The molecule has 2 aromatic rings. The maximum absolute atomic E-state index is 13.4. The van der Waals surface area contributed by atoms with Crippen molar-refractivity contribution in [1.82, 2.24) is 25.0 Å². The molecule has 2 atom stereocenters. The number of carbonyl (C=O) groups is 1. The van der Waals surface area contributed by atoms with Crippen LogP contribution in [0.1, 0.15) is 76.8 Å². The summed E-state index contributed by atoms with van der Waals surface area (Å²) in [6, 6.07) is -2.76. The highest BCUT2D eigenvalue weighted by Crippen LogP contribution is 2.26. The second kappa shape index (κ2) is 8.12. The highest BCUT2D eigenvalue weighted by molar-refractivity contribution is 6.01. The third-order valence-corrected chi connectivity index (χ3v) is 3.67. The minimum atomic E-state index is -3.51. The summed E-state index contributed by atoms with van der Waals surface area (Å²) in [4.78, 5) is 26.8. The summed E-state index contributed by atoms with van der Waals surface area (Å²) >= 11 is 0. The van der Waals surface area contributed by atoms with Crippen molar-refractivity contribution in [3.63, 3.8) is 0 Å². The highest BCUT2D eigenvalue weighted by atomic mass is 16.3. The first-order valence-corrected chi connectivity index (χ1v) is 7.89. The van der Waals surface area contributed by atoms with Gasteiger partial charge in [0.2, 0.25) is 0 Å². The van der Waals surface area contributed by atoms with Crippen LogP contribution < -0.4 is 10.9 Å². The van der Waals surface area contributed by atoms with Gasteiger partial charge in [0.15, 0.2) is 1.41 Å². The number of fused-ring (bicyclic) bond motifs is 1. The molecule has 148 valence electrons. The first-order valence-electron chi connectivity index (χ1n) is 15.8. The van der Waals surface area contributed by atoms with Crippen LogP contribution in [0.2, 0.25) is 1.41 Å². The number of hydrogen-bond donors (Lipinski definition) is 3. The van der Waals surface area contributed by atoms with Crippen LogP contribution in [0.3, 0.4) is 0 Å². The number of hydrogen-bond acceptors (Lipinski definition) is 5. The SMILES string of the molecule is [2H]N(C(=O)c1c(O)c2cn[nH]c2n(C([2H])(C)C([2H])([2H])[2H])c1=O)C([2H])([2H])CCN1C([2H])([2H])C([2H])([2H])C([2H])([2H])C([2H])(C)C1([2H])[2H]. The molecular weight excluding hydrogens is 346 g/mol. The van der Waals surface area contributed by atoms with Gasteiger partial charge in [0.25, 0.3) is 11.5 Å². The molecule has 1 saturated heterocycles. The Hall–Kier alpha value is -2.35. The fourth-order valence-corrected chi connectivity index (χ4v) is 2.49. The maximum atomic E-state index is 13.4. The standard InChI is InChI=1S/C19H29N5O3/c1-12(2)24-17-14(10-21-22-17)16(25)15(19(24)27)18(26)20-7-5-9-23-8-4-6-13(3)11-23/h10,12-13,25H,4-9,11H2,1-3H3,(H,20,26)(H,21,22)/i1D3,4D2,6D2,7D2,8D2,11D2,12D,13D/hD. The Balaban J connectivity index is 2.07. The minimum absolute atomic E-state index is 0.0916. The molecule has 2 unspecified atom stereocenters. The molecule has 2 aromatic heterocycles. The molecular formula is C19H29N5O3. The van der Waals surface area contributed by atoms with Crippen LogP contribution in [0.15, 0.2) is 11.0 Å². The second-order valence-electron chi connectivity index (χ2n) is 5.66. The van der Waals surface area contributed by atoms with E-state index < -0.39 is 103 Å². The first-order chi connectivity index (χ1) is 19.0. The number of rotatable bonds is 6. The first kappa shape index (κ1) is 7.58. The number of aromatic nitrogens is 3. The molecule has 1 amide bonds. The van der Waals surface area contributed by atoms with Crippen molar-refractivity contribution in [2.45, 2.75) is 45.9 Å². The summed E-state index contributed by atoms with van der Waals surface area (Å²) in [5.41, 5.74) is -3.36. The van der Waals surface area contributed by atoms with Crippen LogP contribution in [-0.4, -0.2) is 56.7 Å². The van der Waals surface area contributed by atoms with Crippen LogP contribution >= 0.6 is 0 Å². The van der Waals surface area contributed by atoms with E-state index in [0.717, 1.165) is 13.1 Å². The number of aromatic amines is 1. The van der Waals surface area contributed by atoms with Gasteiger partial charge in [0.05, 0.1) is 13.0 Å². The number of aromatic hydroxyl groups is 1. The van der Waals surface area contributed by atoms with Gasteiger partial charge in [0.1, 0.15) is 17.0 Å². The van der Waals surface area contributed by atoms with Crippen LogP contribution in [-0.2, 0) is 0 Å². The van der Waals surface area contributed by atoms with Crippen molar-refractivity contribution in [2.24, 2.45) is 5.89 Å². The van der Waals surface area contributed by atoms with Gasteiger partial charge in [-0.1, -0.05) is 6.92 Å². The minimum Gasteiger partial charge on any atom is -0.506 e. The van der Waals surface area contributed by atoms with E-state index in [1.54, 1.807) is 0 Å². The van der Waals surface area contributed by atoms with Gasteiger partial charge in [-0.25, -0.2) is 0 Å². The highest BCUT2D eigenvalue weighted by Gasteiger charge is 2.24. The summed E-state index contributed by atoms with van der Waals surface area (Å²) in [7, 11) is 0. The predicted molar refractivity (Wildman–Crippen MR) is 104 cm³/mol. The zero-order chi connectivity index (χ0) is 33.7. The number of likely N-dealkylation sites (tertiary alicyclic amines) is 1. The van der Waals surface area contributed by atoms with Crippen molar-refractivity contribution < 1.29 is 31.9 Å². The molecule has 8 nitrogen and oxygen atoms in total. The molecule has 8 heteroatoms. The molecule has 0 aliphatic carbocycles. The van der Waals surface area contributed by atoms with E-state index in [1.807, 2.05) is 0 Å². The van der Waals surface area contributed by atoms with E-state index in [2.05, 4.69) is 10.2 Å². The van der Waals surface area contributed by atoms with Crippen LogP contribution in [0.25, 0.3) is 11.0 Å². The number of H-pyrrole nitrogens is 1. The lowest BCUT2D eigenvalue weighted by atomic mass is 10.0. The quantitative estimate of drug-likeness (QED) is 0.697. The molecule has 1 aliphatic heterocycles. The number of pyridine rings is 1. The van der Waals surface area contributed by atoms with Gasteiger partial charge in [-0.2, -0.15) is 5.10 Å². The zero-order valence-corrected chi connectivity index (χ0v) is 14.5. The van der Waals surface area contributed by atoms with Crippen LogP contribution in [0.4, 0.5) is 0 Å². The Labute approximate surface area is 181 Å². The van der Waals surface area contributed by atoms with E-state index in [-0.39, 0.29) is 4.90 Å². The Bertz CT molecular complexity index is 1470. The molecule has 27 heavy (non-hydrogen) atoms. The summed E-state index contributed by atoms with van der Waals surface area (Å²) in [6.07, 6.45) is -7.15. The van der Waals surface area contributed by atoms with Crippen molar-refractivity contribution in [2.75, 3.05) is 26.0 Å². The van der Waals surface area contributed by atoms with E-state index in [0.29, 0.717) is 11.5 Å². The molecule has 3 heterocycles. The zero-order valence-electron chi connectivity index (χ0n) is 30.5. The van der Waals surface area contributed by atoms with Crippen LogP contribution in [0.5, 0.6) is 5.75 Å². The summed E-state index contributed by atoms with van der Waals surface area (Å²) < 4.78 is 130. The third-order valence-electron chi connectivity index (χ3n) is 3.67. The van der Waals surface area contributed by atoms with E-state index in [1.165, 1.54) is 0 Å². The monoisotopic (exact) mass is 391 g/mol. The average Bonchev–Trinajstić information content (AvgIpc) is 3.30. The summed E-state index contributed by atoms with van der Waals surface area (Å²) in [6.45, 7) is -12.7. The lowest BCUT2D eigenvalue weighted by molar-refractivity contribution is 0.0945. The van der Waals surface area contributed by atoms with E-state index in [4.69, 9.17) is 22.0 Å². The van der Waals surface area contributed by atoms with Crippen molar-refractivity contribution in [1.29, 1.82) is 0 Å². The normalized spacial score (nSPS) is 40.4. The molecule has 3 rings (SSSR count). The number of amides is 1. The Morgan fingerprint density at radius 3 is 3.37 bits per heavy atom. The van der Waals surface area contributed by atoms with Gasteiger partial charge in [-0.05, 0) is 51.9 Å². The lowest BCUT2D eigenvalue weighted by Gasteiger charge is -2.30. The fourth-order valence-electron chi connectivity index (χ4n) is 2.49. The topological polar surface area (TPSA) is 103 Å². The molecule has 0 radical (unpaired) electrons. The lowest BCUT2D eigenvalue weighted by Crippen LogP contribution is -2.38. The van der Waals surface area contributed by atoms with Gasteiger partial charge in [0, 0.05) is 38.2 Å². The van der Waals surface area contributed by atoms with Crippen LogP contribution in [0, 0.1) is 5.89 Å². The molecule has 1 aliphatic rings. The Kier molecular flexibility index (Phi) is 2.28.